The standard InChI is InChI=1S/C33H39N3O9/c1-15-28(37)20(34)12-23(44-15)45-22-14-33(42,16(2)35-36-17-8-5-4-6-9-17)13-19-25(22)32(41)27-26(30(19)39)29(38)18-10-7-11-21(43-3)24(18)31(27)40/h7,10-11,15,20,22-23,28,37,39,41-42H,4-6,8-9,12-14,34H2,1-3H3/b35-16+/t15-,20+,22+,23+,28-,33+/m1/s1. The van der Waals surface area contributed by atoms with Gasteiger partial charge in [-0.15, -0.1) is 0 Å². The van der Waals surface area contributed by atoms with E-state index in [9.17, 15) is 30.0 Å². The van der Waals surface area contributed by atoms with Crippen LogP contribution in [0.1, 0.15) is 108 Å². The van der Waals surface area contributed by atoms with Crippen molar-refractivity contribution in [3.63, 3.8) is 0 Å². The Kier molecular flexibility index (Phi) is 8.29. The van der Waals surface area contributed by atoms with Crippen LogP contribution >= 0.6 is 0 Å². The largest absolute Gasteiger partial charge is 0.507 e. The molecule has 12 heteroatoms. The molecule has 2 fully saturated rings. The predicted molar refractivity (Wildman–Crippen MR) is 163 cm³/mol. The zero-order chi connectivity index (χ0) is 32.2. The van der Waals surface area contributed by atoms with Gasteiger partial charge in [-0.25, -0.2) is 0 Å². The van der Waals surface area contributed by atoms with Crippen molar-refractivity contribution >= 4 is 23.0 Å². The number of aliphatic hydroxyl groups excluding tert-OH is 1. The van der Waals surface area contributed by atoms with E-state index in [0.29, 0.717) is 0 Å². The van der Waals surface area contributed by atoms with E-state index in [-0.39, 0.29) is 64.1 Å². The molecule has 12 nitrogen and oxygen atoms in total. The number of phenols is 2. The number of hydrogen-bond acceptors (Lipinski definition) is 12. The first-order valence-corrected chi connectivity index (χ1v) is 15.4. The Morgan fingerprint density at radius 1 is 1.07 bits per heavy atom. The smallest absolute Gasteiger partial charge is 0.202 e. The van der Waals surface area contributed by atoms with E-state index in [1.165, 1.54) is 19.2 Å². The van der Waals surface area contributed by atoms with Crippen molar-refractivity contribution in [2.75, 3.05) is 7.11 Å². The number of methoxy groups -OCH3 is 1. The van der Waals surface area contributed by atoms with Gasteiger partial charge in [0.1, 0.15) is 22.8 Å². The Balaban J connectivity index is 1.48. The van der Waals surface area contributed by atoms with Crippen LogP contribution in [0.4, 0.5) is 0 Å². The zero-order valence-electron chi connectivity index (χ0n) is 25.6. The molecular weight excluding hydrogens is 582 g/mol. The summed E-state index contributed by atoms with van der Waals surface area (Å²) < 4.78 is 17.6. The third-order valence-corrected chi connectivity index (χ3v) is 9.59. The molecule has 0 aromatic heterocycles. The number of hydrogen-bond donors (Lipinski definition) is 5. The first-order valence-electron chi connectivity index (χ1n) is 15.4. The lowest BCUT2D eigenvalue weighted by Gasteiger charge is -2.42. The van der Waals surface area contributed by atoms with Gasteiger partial charge >= 0.3 is 0 Å². The van der Waals surface area contributed by atoms with E-state index < -0.39 is 59.3 Å². The van der Waals surface area contributed by atoms with E-state index in [4.69, 9.17) is 19.9 Å². The number of carbonyl (C=O) groups excluding carboxylic acids is 2. The Morgan fingerprint density at radius 3 is 2.47 bits per heavy atom. The van der Waals surface area contributed by atoms with Crippen molar-refractivity contribution in [3.05, 3.63) is 51.6 Å². The lowest BCUT2D eigenvalue weighted by molar-refractivity contribution is -0.245. The summed E-state index contributed by atoms with van der Waals surface area (Å²) in [6, 6.07) is 3.89. The van der Waals surface area contributed by atoms with Crippen LogP contribution in [-0.2, 0) is 15.9 Å². The molecule has 1 heterocycles. The third kappa shape index (κ3) is 5.34. The van der Waals surface area contributed by atoms with Crippen molar-refractivity contribution in [1.82, 2.24) is 0 Å². The summed E-state index contributed by atoms with van der Waals surface area (Å²) in [5.74, 6) is -2.28. The normalized spacial score (nSPS) is 30.0. The van der Waals surface area contributed by atoms with E-state index in [0.717, 1.165) is 37.8 Å². The van der Waals surface area contributed by atoms with Crippen molar-refractivity contribution in [2.45, 2.75) is 101 Å². The minimum absolute atomic E-state index is 0.0221. The minimum atomic E-state index is -1.71. The maximum atomic E-state index is 13.9. The Labute approximate surface area is 260 Å². The molecule has 6 rings (SSSR count). The Bertz CT molecular complexity index is 1600. The van der Waals surface area contributed by atoms with Crippen LogP contribution in [0.25, 0.3) is 0 Å². The van der Waals surface area contributed by atoms with Gasteiger partial charge < -0.3 is 40.4 Å². The van der Waals surface area contributed by atoms with Gasteiger partial charge in [-0.1, -0.05) is 18.6 Å². The number of aromatic hydroxyl groups is 2. The Hall–Kier alpha value is -3.68. The summed E-state index contributed by atoms with van der Waals surface area (Å²) in [5, 5.41) is 54.7. The van der Waals surface area contributed by atoms with Gasteiger partial charge in [0.25, 0.3) is 0 Å². The molecule has 0 bridgehead atoms. The first-order chi connectivity index (χ1) is 21.4. The molecule has 2 aromatic carbocycles. The van der Waals surface area contributed by atoms with Gasteiger partial charge in [-0.3, -0.25) is 9.59 Å². The number of benzene rings is 2. The van der Waals surface area contributed by atoms with Crippen LogP contribution in [0.5, 0.6) is 17.2 Å². The number of rotatable bonds is 5. The van der Waals surface area contributed by atoms with Gasteiger partial charge in [0, 0.05) is 47.7 Å². The number of ether oxygens (including phenoxy) is 3. The number of ketones is 2. The second-order valence-corrected chi connectivity index (χ2v) is 12.5. The molecule has 3 aliphatic carbocycles. The van der Waals surface area contributed by atoms with Crippen LogP contribution in [0.15, 0.2) is 28.4 Å². The second-order valence-electron chi connectivity index (χ2n) is 12.5. The average Bonchev–Trinajstić information content (AvgIpc) is 3.02. The number of carbonyl (C=O) groups is 2. The zero-order valence-corrected chi connectivity index (χ0v) is 25.6. The van der Waals surface area contributed by atoms with Crippen molar-refractivity contribution < 1.29 is 44.2 Å². The predicted octanol–water partition coefficient (Wildman–Crippen LogP) is 3.22. The Morgan fingerprint density at radius 2 is 1.78 bits per heavy atom. The lowest BCUT2D eigenvalue weighted by Crippen LogP contribution is -2.52. The molecule has 1 saturated carbocycles. The first kappa shape index (κ1) is 31.3. The monoisotopic (exact) mass is 621 g/mol. The van der Waals surface area contributed by atoms with E-state index in [1.807, 2.05) is 0 Å². The van der Waals surface area contributed by atoms with Crippen LogP contribution in [0, 0.1) is 0 Å². The molecule has 2 aromatic rings. The number of nitrogens with zero attached hydrogens (tertiary/aromatic N) is 2. The van der Waals surface area contributed by atoms with Crippen LogP contribution in [-0.4, -0.2) is 80.7 Å². The average molecular weight is 622 g/mol. The quantitative estimate of drug-likeness (QED) is 0.160. The van der Waals surface area contributed by atoms with Crippen molar-refractivity contribution in [1.29, 1.82) is 0 Å². The van der Waals surface area contributed by atoms with Gasteiger partial charge in [0.2, 0.25) is 5.78 Å². The molecule has 1 aliphatic heterocycles. The van der Waals surface area contributed by atoms with E-state index in [1.54, 1.807) is 19.9 Å². The highest BCUT2D eigenvalue weighted by Gasteiger charge is 2.49. The molecule has 6 N–H and O–H groups in total. The summed E-state index contributed by atoms with van der Waals surface area (Å²) in [6.07, 6.45) is 0.911. The van der Waals surface area contributed by atoms with Gasteiger partial charge in [0.15, 0.2) is 12.1 Å². The molecule has 1 saturated heterocycles. The van der Waals surface area contributed by atoms with Crippen LogP contribution in [0.2, 0.25) is 0 Å². The van der Waals surface area contributed by atoms with Gasteiger partial charge in [-0.05, 0) is 45.6 Å². The maximum Gasteiger partial charge on any atom is 0.202 e. The van der Waals surface area contributed by atoms with Crippen molar-refractivity contribution in [2.24, 2.45) is 15.9 Å². The topological polar surface area (TPSA) is 193 Å². The summed E-state index contributed by atoms with van der Waals surface area (Å²) >= 11 is 0. The third-order valence-electron chi connectivity index (χ3n) is 9.59. The SMILES string of the molecule is COc1cccc2c1C(=O)c1c(O)c3c(c(O)c1C2=O)C[C@@](O)(/C(C)=N/N=C1CCCCC1)C[C@@H]3O[C@H]1C[C@H](N)[C@H](O)[C@@H](C)O1. The highest BCUT2D eigenvalue weighted by molar-refractivity contribution is 6.31. The number of fused-ring (bicyclic) bond motifs is 3. The molecular formula is C33H39N3O9. The molecule has 0 spiro atoms. The molecule has 0 amide bonds. The lowest BCUT2D eigenvalue weighted by atomic mass is 9.72. The highest BCUT2D eigenvalue weighted by atomic mass is 16.7. The van der Waals surface area contributed by atoms with Gasteiger partial charge in [0.05, 0.1) is 47.8 Å². The summed E-state index contributed by atoms with van der Waals surface area (Å²) in [7, 11) is 1.37. The van der Waals surface area contributed by atoms with Crippen LogP contribution in [0.3, 0.4) is 0 Å². The molecule has 240 valence electrons. The molecule has 0 radical (unpaired) electrons. The second kappa shape index (κ2) is 11.9. The number of phenolic OH excluding ortho intramolecular Hbond substituents is 2. The van der Waals surface area contributed by atoms with E-state index in [2.05, 4.69) is 10.2 Å². The molecule has 6 atom stereocenters. The summed E-state index contributed by atoms with van der Waals surface area (Å²) in [5.41, 5.74) is 5.02. The fraction of sp³-hybridized carbons (Fsp3) is 0.515. The fourth-order valence-electron chi connectivity index (χ4n) is 6.96. The van der Waals surface area contributed by atoms with Crippen LogP contribution < -0.4 is 10.5 Å². The fourth-order valence-corrected chi connectivity index (χ4v) is 6.96. The maximum absolute atomic E-state index is 13.9. The summed E-state index contributed by atoms with van der Waals surface area (Å²) in [4.78, 5) is 27.7. The van der Waals surface area contributed by atoms with Crippen molar-refractivity contribution in [3.8, 4) is 17.2 Å². The molecule has 4 aliphatic rings. The number of aliphatic hydroxyl groups is 2. The molecule has 45 heavy (non-hydrogen) atoms. The minimum Gasteiger partial charge on any atom is -0.507 e. The molecule has 0 unspecified atom stereocenters. The highest BCUT2D eigenvalue weighted by Crippen LogP contribution is 2.52. The van der Waals surface area contributed by atoms with E-state index >= 15 is 0 Å². The van der Waals surface area contributed by atoms with Gasteiger partial charge in [-0.2, -0.15) is 10.2 Å². The summed E-state index contributed by atoms with van der Waals surface area (Å²) in [6.45, 7) is 3.29. The number of nitrogens with two attached hydrogens (primary N) is 1.